The summed E-state index contributed by atoms with van der Waals surface area (Å²) in [6.07, 6.45) is 3.46. The summed E-state index contributed by atoms with van der Waals surface area (Å²) in [5.41, 5.74) is 9.96. The van der Waals surface area contributed by atoms with Gasteiger partial charge in [0.2, 0.25) is 10.0 Å². The monoisotopic (exact) mass is 411 g/mol. The maximum absolute atomic E-state index is 12.1. The van der Waals surface area contributed by atoms with E-state index in [-0.39, 0.29) is 11.7 Å². The number of nitrogens with two attached hydrogens (primary N) is 1. The summed E-state index contributed by atoms with van der Waals surface area (Å²) >= 11 is 0. The molecule has 4 rings (SSSR count). The molecule has 3 N–H and O–H groups in total. The van der Waals surface area contributed by atoms with Crippen LogP contribution in [0.3, 0.4) is 0 Å². The van der Waals surface area contributed by atoms with Crippen LogP contribution in [0.25, 0.3) is 22.0 Å². The first kappa shape index (κ1) is 19.7. The van der Waals surface area contributed by atoms with Gasteiger partial charge in [-0.25, -0.2) is 12.7 Å². The lowest BCUT2D eigenvalue weighted by atomic mass is 9.88. The maximum atomic E-state index is 12.1. The molecule has 1 aliphatic heterocycles. The number of sulfonamides is 1. The Bertz CT molecular complexity index is 1140. The van der Waals surface area contributed by atoms with Crippen molar-refractivity contribution in [2.24, 2.45) is 5.73 Å². The van der Waals surface area contributed by atoms with Crippen LogP contribution in [-0.4, -0.2) is 42.5 Å². The fourth-order valence-electron chi connectivity index (χ4n) is 4.21. The number of primary amides is 1. The second-order valence-corrected chi connectivity index (χ2v) is 9.75. The van der Waals surface area contributed by atoms with Crippen LogP contribution in [0.2, 0.25) is 0 Å². The minimum Gasteiger partial charge on any atom is -0.366 e. The Kier molecular flexibility index (Phi) is 5.19. The van der Waals surface area contributed by atoms with Crippen molar-refractivity contribution < 1.29 is 13.2 Å². The molecule has 0 bridgehead atoms. The summed E-state index contributed by atoms with van der Waals surface area (Å²) in [6, 6.07) is 13.8. The molecule has 0 spiro atoms. The molecule has 2 heterocycles. The number of aromatic nitrogens is 1. The van der Waals surface area contributed by atoms with Crippen molar-refractivity contribution >= 4 is 26.8 Å². The van der Waals surface area contributed by atoms with Crippen LogP contribution in [0.15, 0.2) is 48.7 Å². The number of amides is 1. The van der Waals surface area contributed by atoms with Gasteiger partial charge in [-0.3, -0.25) is 4.79 Å². The molecule has 0 unspecified atom stereocenters. The Morgan fingerprint density at radius 1 is 1.14 bits per heavy atom. The molecule has 3 aromatic rings. The lowest BCUT2D eigenvalue weighted by Crippen LogP contribution is -2.38. The average molecular weight is 412 g/mol. The third-order valence-corrected chi connectivity index (χ3v) is 7.73. The Labute approximate surface area is 170 Å². The Hall–Kier alpha value is -2.64. The van der Waals surface area contributed by atoms with Crippen LogP contribution in [0.4, 0.5) is 0 Å². The summed E-state index contributed by atoms with van der Waals surface area (Å²) in [7, 11) is -3.15. The number of benzene rings is 2. The molecule has 1 fully saturated rings. The molecule has 0 saturated carbocycles. The van der Waals surface area contributed by atoms with Crippen LogP contribution in [0.1, 0.15) is 41.6 Å². The SMILES string of the molecule is CCS(=O)(=O)N1CCC(c2c[nH]c3c(C(N)=O)cc(-c4ccccc4)cc23)CC1. The summed E-state index contributed by atoms with van der Waals surface area (Å²) < 4.78 is 25.9. The fourth-order valence-corrected chi connectivity index (χ4v) is 5.34. The highest BCUT2D eigenvalue weighted by Gasteiger charge is 2.29. The van der Waals surface area contributed by atoms with Gasteiger partial charge in [0, 0.05) is 24.7 Å². The number of carbonyl (C=O) groups is 1. The third-order valence-electron chi connectivity index (χ3n) is 5.85. The number of nitrogens with zero attached hydrogens (tertiary/aromatic N) is 1. The van der Waals surface area contributed by atoms with Crippen molar-refractivity contribution in [3.8, 4) is 11.1 Å². The first-order valence-electron chi connectivity index (χ1n) is 9.88. The smallest absolute Gasteiger partial charge is 0.250 e. The standard InChI is InChI=1S/C22H25N3O3S/c1-2-29(27,28)25-10-8-16(9-11-25)20-14-24-21-18(20)12-17(13-19(21)22(23)26)15-6-4-3-5-7-15/h3-7,12-14,16,24H,2,8-11H2,1H3,(H2,23,26). The number of carbonyl (C=O) groups excluding carboxylic acids is 1. The number of piperidine rings is 1. The van der Waals surface area contributed by atoms with E-state index in [0.717, 1.165) is 40.4 Å². The summed E-state index contributed by atoms with van der Waals surface area (Å²) in [4.78, 5) is 15.3. The molecule has 6 nitrogen and oxygen atoms in total. The van der Waals surface area contributed by atoms with E-state index in [9.17, 15) is 13.2 Å². The Balaban J connectivity index is 1.73. The summed E-state index contributed by atoms with van der Waals surface area (Å²) in [5.74, 6) is -0.100. The highest BCUT2D eigenvalue weighted by atomic mass is 32.2. The molecule has 7 heteroatoms. The molecule has 2 aromatic carbocycles. The maximum Gasteiger partial charge on any atom is 0.250 e. The van der Waals surface area contributed by atoms with Gasteiger partial charge in [0.25, 0.3) is 5.91 Å². The molecule has 152 valence electrons. The van der Waals surface area contributed by atoms with Crippen LogP contribution in [0.5, 0.6) is 0 Å². The number of aromatic amines is 1. The van der Waals surface area contributed by atoms with Crippen LogP contribution in [0, 0.1) is 0 Å². The van der Waals surface area contributed by atoms with Gasteiger partial charge < -0.3 is 10.7 Å². The average Bonchev–Trinajstić information content (AvgIpc) is 3.17. The van der Waals surface area contributed by atoms with Gasteiger partial charge in [-0.2, -0.15) is 0 Å². The molecule has 0 aliphatic carbocycles. The molecule has 1 amide bonds. The third kappa shape index (κ3) is 3.68. The normalized spacial score (nSPS) is 16.3. The number of H-pyrrole nitrogens is 1. The molecule has 1 saturated heterocycles. The zero-order valence-electron chi connectivity index (χ0n) is 16.4. The molecule has 1 aliphatic rings. The quantitative estimate of drug-likeness (QED) is 0.673. The van der Waals surface area contributed by atoms with Crippen LogP contribution >= 0.6 is 0 Å². The summed E-state index contributed by atoms with van der Waals surface area (Å²) in [6.45, 7) is 2.72. The molecular weight excluding hydrogens is 386 g/mol. The summed E-state index contributed by atoms with van der Waals surface area (Å²) in [5, 5.41) is 0.983. The van der Waals surface area contributed by atoms with Crippen molar-refractivity contribution in [3.63, 3.8) is 0 Å². The minimum absolute atomic E-state index is 0.132. The lowest BCUT2D eigenvalue weighted by molar-refractivity contribution is 0.100. The van der Waals surface area contributed by atoms with E-state index < -0.39 is 15.9 Å². The predicted molar refractivity (Wildman–Crippen MR) is 115 cm³/mol. The zero-order chi connectivity index (χ0) is 20.6. The highest BCUT2D eigenvalue weighted by Crippen LogP contribution is 2.37. The van der Waals surface area contributed by atoms with Crippen LogP contribution in [-0.2, 0) is 10.0 Å². The first-order chi connectivity index (χ1) is 13.9. The molecule has 29 heavy (non-hydrogen) atoms. The van der Waals surface area contributed by atoms with Gasteiger partial charge in [-0.05, 0) is 54.5 Å². The molecule has 0 atom stereocenters. The second-order valence-electron chi connectivity index (χ2n) is 7.49. The van der Waals surface area contributed by atoms with E-state index in [2.05, 4.69) is 11.1 Å². The van der Waals surface area contributed by atoms with E-state index >= 15 is 0 Å². The van der Waals surface area contributed by atoms with Crippen molar-refractivity contribution in [2.45, 2.75) is 25.7 Å². The Morgan fingerprint density at radius 3 is 2.45 bits per heavy atom. The van der Waals surface area contributed by atoms with E-state index in [0.29, 0.717) is 18.7 Å². The largest absolute Gasteiger partial charge is 0.366 e. The van der Waals surface area contributed by atoms with E-state index in [4.69, 9.17) is 5.73 Å². The van der Waals surface area contributed by atoms with Gasteiger partial charge in [0.05, 0.1) is 16.8 Å². The second kappa shape index (κ2) is 7.65. The van der Waals surface area contributed by atoms with E-state index in [1.54, 1.807) is 11.2 Å². The Morgan fingerprint density at radius 2 is 1.83 bits per heavy atom. The number of nitrogens with one attached hydrogen (secondary N) is 1. The van der Waals surface area contributed by atoms with Gasteiger partial charge in [0.15, 0.2) is 0 Å². The van der Waals surface area contributed by atoms with Crippen LogP contribution < -0.4 is 5.73 Å². The van der Waals surface area contributed by atoms with E-state index in [1.165, 1.54) is 0 Å². The number of fused-ring (bicyclic) bond motifs is 1. The van der Waals surface area contributed by atoms with Crippen molar-refractivity contribution in [1.29, 1.82) is 0 Å². The first-order valence-corrected chi connectivity index (χ1v) is 11.5. The van der Waals surface area contributed by atoms with Gasteiger partial charge >= 0.3 is 0 Å². The molecular formula is C22H25N3O3S. The molecule has 1 aromatic heterocycles. The highest BCUT2D eigenvalue weighted by molar-refractivity contribution is 7.89. The van der Waals surface area contributed by atoms with Gasteiger partial charge in [0.1, 0.15) is 0 Å². The lowest BCUT2D eigenvalue weighted by Gasteiger charge is -2.31. The molecule has 0 radical (unpaired) electrons. The number of hydrogen-bond donors (Lipinski definition) is 2. The van der Waals surface area contributed by atoms with Crippen molar-refractivity contribution in [3.05, 3.63) is 59.8 Å². The van der Waals surface area contributed by atoms with Crippen molar-refractivity contribution in [1.82, 2.24) is 9.29 Å². The predicted octanol–water partition coefficient (Wildman–Crippen LogP) is 3.46. The zero-order valence-corrected chi connectivity index (χ0v) is 17.2. The topological polar surface area (TPSA) is 96.3 Å². The number of rotatable bonds is 5. The van der Waals surface area contributed by atoms with Gasteiger partial charge in [-0.15, -0.1) is 0 Å². The van der Waals surface area contributed by atoms with E-state index in [1.807, 2.05) is 42.6 Å². The minimum atomic E-state index is -3.15. The van der Waals surface area contributed by atoms with Crippen molar-refractivity contribution in [2.75, 3.05) is 18.8 Å². The number of hydrogen-bond acceptors (Lipinski definition) is 3. The van der Waals surface area contributed by atoms with Gasteiger partial charge in [-0.1, -0.05) is 30.3 Å². The fraction of sp³-hybridized carbons (Fsp3) is 0.318.